The molecular formula is C11H15NO3. The van der Waals surface area contributed by atoms with Crippen LogP contribution in [0.5, 0.6) is 5.75 Å². The fraction of sp³-hybridized carbons (Fsp3) is 0.364. The summed E-state index contributed by atoms with van der Waals surface area (Å²) in [4.78, 5) is 10.7. The van der Waals surface area contributed by atoms with Crippen LogP contribution in [0.1, 0.15) is 29.7 Å². The molecule has 0 fully saturated rings. The summed E-state index contributed by atoms with van der Waals surface area (Å²) in [5, 5.41) is 18.4. The van der Waals surface area contributed by atoms with Gasteiger partial charge in [-0.25, -0.2) is 0 Å². The van der Waals surface area contributed by atoms with Crippen molar-refractivity contribution in [2.45, 2.75) is 26.3 Å². The minimum absolute atomic E-state index is 0.191. The van der Waals surface area contributed by atoms with Gasteiger partial charge in [-0.1, -0.05) is 6.92 Å². The van der Waals surface area contributed by atoms with Gasteiger partial charge in [-0.2, -0.15) is 0 Å². The van der Waals surface area contributed by atoms with Crippen LogP contribution in [0.15, 0.2) is 12.1 Å². The van der Waals surface area contributed by atoms with Crippen molar-refractivity contribution in [2.75, 3.05) is 0 Å². The Hall–Kier alpha value is -1.55. The molecule has 0 amide bonds. The van der Waals surface area contributed by atoms with E-state index in [9.17, 15) is 9.90 Å². The predicted octanol–water partition coefficient (Wildman–Crippen LogP) is 1.35. The van der Waals surface area contributed by atoms with E-state index in [0.717, 1.165) is 0 Å². The van der Waals surface area contributed by atoms with Gasteiger partial charge < -0.3 is 15.9 Å². The fourth-order valence-electron chi connectivity index (χ4n) is 1.51. The molecule has 1 aromatic carbocycles. The first kappa shape index (κ1) is 11.5. The van der Waals surface area contributed by atoms with Crippen molar-refractivity contribution in [1.82, 2.24) is 0 Å². The number of hydrogen-bond donors (Lipinski definition) is 3. The Labute approximate surface area is 88.3 Å². The van der Waals surface area contributed by atoms with Crippen LogP contribution in [-0.4, -0.2) is 16.2 Å². The molecule has 1 atom stereocenters. The molecule has 4 heteroatoms. The number of hydrogen-bond acceptors (Lipinski definition) is 3. The molecule has 15 heavy (non-hydrogen) atoms. The van der Waals surface area contributed by atoms with E-state index in [2.05, 4.69) is 0 Å². The van der Waals surface area contributed by atoms with E-state index in [-0.39, 0.29) is 5.75 Å². The molecule has 0 aliphatic carbocycles. The standard InChI is InChI=1S/C11H15NO3/c1-3-7-5-8(10(12)11(14)15)6(2)4-9(7)13/h4-5,10,13H,3,12H2,1-2H3,(H,14,15). The second-order valence-electron chi connectivity index (χ2n) is 3.51. The average molecular weight is 209 g/mol. The summed E-state index contributed by atoms with van der Waals surface area (Å²) in [5.41, 5.74) is 7.49. The fourth-order valence-corrected chi connectivity index (χ4v) is 1.51. The molecule has 82 valence electrons. The number of phenolic OH excluding ortho intramolecular Hbond substituents is 1. The highest BCUT2D eigenvalue weighted by atomic mass is 16.4. The maximum absolute atomic E-state index is 10.7. The van der Waals surface area contributed by atoms with Crippen molar-refractivity contribution in [1.29, 1.82) is 0 Å². The predicted molar refractivity (Wildman–Crippen MR) is 56.8 cm³/mol. The summed E-state index contributed by atoms with van der Waals surface area (Å²) < 4.78 is 0. The minimum atomic E-state index is -1.06. The van der Waals surface area contributed by atoms with Crippen LogP contribution in [0.4, 0.5) is 0 Å². The quantitative estimate of drug-likeness (QED) is 0.701. The zero-order valence-electron chi connectivity index (χ0n) is 8.82. The molecule has 0 saturated heterocycles. The van der Waals surface area contributed by atoms with Crippen LogP contribution >= 0.6 is 0 Å². The van der Waals surface area contributed by atoms with Gasteiger partial charge in [0.15, 0.2) is 0 Å². The van der Waals surface area contributed by atoms with Crippen molar-refractivity contribution >= 4 is 5.97 Å². The molecule has 0 heterocycles. The van der Waals surface area contributed by atoms with Crippen molar-refractivity contribution in [3.05, 3.63) is 28.8 Å². The molecule has 0 spiro atoms. The SMILES string of the molecule is CCc1cc(C(N)C(=O)O)c(C)cc1O. The summed E-state index contributed by atoms with van der Waals surface area (Å²) in [7, 11) is 0. The first-order valence-corrected chi connectivity index (χ1v) is 4.78. The summed E-state index contributed by atoms with van der Waals surface area (Å²) in [5.74, 6) is -0.873. The lowest BCUT2D eigenvalue weighted by Gasteiger charge is -2.13. The number of nitrogens with two attached hydrogens (primary N) is 1. The van der Waals surface area contributed by atoms with Gasteiger partial charge in [0, 0.05) is 0 Å². The number of carbonyl (C=O) groups is 1. The molecule has 0 radical (unpaired) electrons. The zero-order valence-corrected chi connectivity index (χ0v) is 8.82. The zero-order chi connectivity index (χ0) is 11.6. The summed E-state index contributed by atoms with van der Waals surface area (Å²) in [6, 6.07) is 2.18. The van der Waals surface area contributed by atoms with E-state index in [1.807, 2.05) is 6.92 Å². The second kappa shape index (κ2) is 4.31. The number of aryl methyl sites for hydroxylation is 2. The second-order valence-corrected chi connectivity index (χ2v) is 3.51. The van der Waals surface area contributed by atoms with E-state index >= 15 is 0 Å². The third kappa shape index (κ3) is 2.27. The van der Waals surface area contributed by atoms with E-state index in [4.69, 9.17) is 10.8 Å². The van der Waals surface area contributed by atoms with E-state index < -0.39 is 12.0 Å². The van der Waals surface area contributed by atoms with E-state index in [1.165, 1.54) is 0 Å². The van der Waals surface area contributed by atoms with Gasteiger partial charge in [-0.15, -0.1) is 0 Å². The Bertz CT molecular complexity index is 388. The molecule has 1 aromatic rings. The number of aromatic hydroxyl groups is 1. The van der Waals surface area contributed by atoms with Crippen molar-refractivity contribution < 1.29 is 15.0 Å². The first-order chi connectivity index (χ1) is 6.97. The van der Waals surface area contributed by atoms with Gasteiger partial charge in [0.2, 0.25) is 0 Å². The Morgan fingerprint density at radius 2 is 2.13 bits per heavy atom. The molecule has 0 aromatic heterocycles. The molecule has 0 bridgehead atoms. The Kier molecular flexibility index (Phi) is 3.31. The van der Waals surface area contributed by atoms with Crippen LogP contribution in [0.2, 0.25) is 0 Å². The third-order valence-electron chi connectivity index (χ3n) is 2.45. The maximum atomic E-state index is 10.7. The highest BCUT2D eigenvalue weighted by molar-refractivity contribution is 5.76. The smallest absolute Gasteiger partial charge is 0.325 e. The number of aliphatic carboxylic acids is 1. The lowest BCUT2D eigenvalue weighted by molar-refractivity contribution is -0.138. The Morgan fingerprint density at radius 3 is 2.60 bits per heavy atom. The number of benzene rings is 1. The van der Waals surface area contributed by atoms with Crippen LogP contribution in [0.25, 0.3) is 0 Å². The Morgan fingerprint density at radius 1 is 1.53 bits per heavy atom. The highest BCUT2D eigenvalue weighted by Gasteiger charge is 2.18. The van der Waals surface area contributed by atoms with Gasteiger partial charge in [0.25, 0.3) is 0 Å². The molecule has 0 aliphatic rings. The number of carboxylic acid groups (broad SMARTS) is 1. The number of carboxylic acids is 1. The maximum Gasteiger partial charge on any atom is 0.325 e. The largest absolute Gasteiger partial charge is 0.508 e. The van der Waals surface area contributed by atoms with Gasteiger partial charge >= 0.3 is 5.97 Å². The molecule has 4 N–H and O–H groups in total. The van der Waals surface area contributed by atoms with E-state index in [1.54, 1.807) is 19.1 Å². The van der Waals surface area contributed by atoms with Gasteiger partial charge in [-0.3, -0.25) is 4.79 Å². The highest BCUT2D eigenvalue weighted by Crippen LogP contribution is 2.25. The van der Waals surface area contributed by atoms with Crippen LogP contribution in [0.3, 0.4) is 0 Å². The van der Waals surface area contributed by atoms with Gasteiger partial charge in [-0.05, 0) is 42.2 Å². The molecule has 4 nitrogen and oxygen atoms in total. The van der Waals surface area contributed by atoms with E-state index in [0.29, 0.717) is 23.1 Å². The topological polar surface area (TPSA) is 83.6 Å². The molecule has 0 aliphatic heterocycles. The molecule has 1 rings (SSSR count). The van der Waals surface area contributed by atoms with Gasteiger partial charge in [0.1, 0.15) is 11.8 Å². The van der Waals surface area contributed by atoms with Crippen molar-refractivity contribution in [2.24, 2.45) is 5.73 Å². The average Bonchev–Trinajstić information content (AvgIpc) is 2.17. The van der Waals surface area contributed by atoms with Crippen molar-refractivity contribution in [3.8, 4) is 5.75 Å². The number of rotatable bonds is 3. The van der Waals surface area contributed by atoms with Crippen LogP contribution < -0.4 is 5.73 Å². The van der Waals surface area contributed by atoms with Crippen LogP contribution in [-0.2, 0) is 11.2 Å². The van der Waals surface area contributed by atoms with Crippen molar-refractivity contribution in [3.63, 3.8) is 0 Å². The van der Waals surface area contributed by atoms with Gasteiger partial charge in [0.05, 0.1) is 0 Å². The molecular weight excluding hydrogens is 194 g/mol. The summed E-state index contributed by atoms with van der Waals surface area (Å²) >= 11 is 0. The molecule has 0 saturated carbocycles. The lowest BCUT2D eigenvalue weighted by Crippen LogP contribution is -2.21. The monoisotopic (exact) mass is 209 g/mol. The van der Waals surface area contributed by atoms with Crippen LogP contribution in [0, 0.1) is 6.92 Å². The Balaban J connectivity index is 3.24. The normalized spacial score (nSPS) is 12.5. The third-order valence-corrected chi connectivity index (χ3v) is 2.45. The number of phenols is 1. The summed E-state index contributed by atoms with van der Waals surface area (Å²) in [6.07, 6.45) is 0.644. The first-order valence-electron chi connectivity index (χ1n) is 4.78. The minimum Gasteiger partial charge on any atom is -0.508 e. The molecule has 1 unspecified atom stereocenters. The summed E-state index contributed by atoms with van der Waals surface area (Å²) in [6.45, 7) is 3.62. The lowest BCUT2D eigenvalue weighted by atomic mass is 9.97.